The molecule has 0 heterocycles. The Balaban J connectivity index is 3.89. The van der Waals surface area contributed by atoms with Crippen molar-refractivity contribution in [3.8, 4) is 0 Å². The summed E-state index contributed by atoms with van der Waals surface area (Å²) in [6, 6.07) is 0. The number of nitrogens with zero attached hydrogens (tertiary/aromatic N) is 1. The van der Waals surface area contributed by atoms with Crippen LogP contribution in [0, 0.1) is 5.92 Å². The Bertz CT molecular complexity index is 631. The van der Waals surface area contributed by atoms with Gasteiger partial charge in [-0.15, -0.1) is 0 Å². The van der Waals surface area contributed by atoms with Crippen LogP contribution in [0.25, 0.3) is 0 Å². The van der Waals surface area contributed by atoms with Gasteiger partial charge >= 0.3 is 5.97 Å². The molecule has 0 saturated heterocycles. The number of quaternary nitrogens is 1. The Morgan fingerprint density at radius 1 is 0.722 bits per heavy atom. The molecule has 0 saturated carbocycles. The van der Waals surface area contributed by atoms with Crippen molar-refractivity contribution in [3.05, 3.63) is 0 Å². The minimum atomic E-state index is -0.964. The molecule has 7 nitrogen and oxygen atoms in total. The quantitative estimate of drug-likeness (QED) is 0.0993. The van der Waals surface area contributed by atoms with Gasteiger partial charge in [0.25, 0.3) is 0 Å². The molecule has 1 unspecified atom stereocenters. The standard InChI is InChI=1S/C29H53NO6/c1-5-36-29(35)26(19-14-12-13-18-25(2)31)24-27(32)20-15-10-8-6-7-9-11-16-22-30(3,4)23-17-21-28(33)34/h26H,5-24H2,1-4H3. The van der Waals surface area contributed by atoms with E-state index in [9.17, 15) is 24.3 Å². The van der Waals surface area contributed by atoms with Crippen LogP contribution in [0.4, 0.5) is 0 Å². The first kappa shape index (κ1) is 34.2. The molecule has 0 N–H and O–H groups in total. The van der Waals surface area contributed by atoms with Crippen LogP contribution in [0.3, 0.4) is 0 Å². The van der Waals surface area contributed by atoms with Crippen LogP contribution >= 0.6 is 0 Å². The minimum Gasteiger partial charge on any atom is -0.550 e. The Kier molecular flexibility index (Phi) is 20.3. The molecule has 0 rings (SSSR count). The Morgan fingerprint density at radius 3 is 1.83 bits per heavy atom. The first-order valence-corrected chi connectivity index (χ1v) is 14.3. The monoisotopic (exact) mass is 511 g/mol. The number of ether oxygens (including phenoxy) is 1. The number of unbranched alkanes of at least 4 members (excludes halogenated alkanes) is 9. The summed E-state index contributed by atoms with van der Waals surface area (Å²) in [5, 5.41) is 10.5. The number of esters is 1. The highest BCUT2D eigenvalue weighted by atomic mass is 16.5. The number of carbonyl (C=O) groups is 4. The molecule has 0 fully saturated rings. The van der Waals surface area contributed by atoms with Crippen LogP contribution in [-0.2, 0) is 23.9 Å². The molecular weight excluding hydrogens is 458 g/mol. The van der Waals surface area contributed by atoms with Gasteiger partial charge in [0.05, 0.1) is 39.7 Å². The molecule has 210 valence electrons. The topological polar surface area (TPSA) is 101 Å². The Hall–Kier alpha value is -1.76. The molecule has 36 heavy (non-hydrogen) atoms. The largest absolute Gasteiger partial charge is 0.550 e. The fourth-order valence-electron chi connectivity index (χ4n) is 4.57. The molecule has 0 radical (unpaired) electrons. The molecule has 0 bridgehead atoms. The summed E-state index contributed by atoms with van der Waals surface area (Å²) in [4.78, 5) is 46.3. The van der Waals surface area contributed by atoms with E-state index >= 15 is 0 Å². The highest BCUT2D eigenvalue weighted by molar-refractivity contribution is 5.84. The number of carboxylic acids is 1. The average molecular weight is 512 g/mol. The lowest BCUT2D eigenvalue weighted by Crippen LogP contribution is -2.41. The smallest absolute Gasteiger partial charge is 0.309 e. The Morgan fingerprint density at radius 2 is 1.25 bits per heavy atom. The summed E-state index contributed by atoms with van der Waals surface area (Å²) >= 11 is 0. The van der Waals surface area contributed by atoms with Crippen molar-refractivity contribution in [2.75, 3.05) is 33.8 Å². The molecule has 0 aliphatic carbocycles. The van der Waals surface area contributed by atoms with Gasteiger partial charge in [-0.25, -0.2) is 0 Å². The number of ketones is 2. The van der Waals surface area contributed by atoms with Crippen molar-refractivity contribution in [3.63, 3.8) is 0 Å². The van der Waals surface area contributed by atoms with Crippen molar-refractivity contribution in [2.24, 2.45) is 5.92 Å². The molecule has 0 spiro atoms. The van der Waals surface area contributed by atoms with Crippen LogP contribution in [0.2, 0.25) is 0 Å². The van der Waals surface area contributed by atoms with Gasteiger partial charge in [-0.2, -0.15) is 0 Å². The zero-order chi connectivity index (χ0) is 27.2. The first-order chi connectivity index (χ1) is 17.1. The fourth-order valence-corrected chi connectivity index (χ4v) is 4.57. The number of hydrogen-bond donors (Lipinski definition) is 0. The maximum Gasteiger partial charge on any atom is 0.309 e. The van der Waals surface area contributed by atoms with Crippen molar-refractivity contribution < 1.29 is 33.5 Å². The highest BCUT2D eigenvalue weighted by Gasteiger charge is 2.22. The second-order valence-electron chi connectivity index (χ2n) is 10.9. The number of Topliss-reactive ketones (excluding diaryl/α,β-unsaturated/α-hetero) is 2. The normalized spacial score (nSPS) is 12.3. The van der Waals surface area contributed by atoms with E-state index in [4.69, 9.17) is 4.74 Å². The zero-order valence-electron chi connectivity index (χ0n) is 23.6. The lowest BCUT2D eigenvalue weighted by molar-refractivity contribution is -0.890. The van der Waals surface area contributed by atoms with Crippen LogP contribution < -0.4 is 5.11 Å². The van der Waals surface area contributed by atoms with Gasteiger partial charge in [-0.3, -0.25) is 9.59 Å². The second kappa shape index (κ2) is 21.3. The van der Waals surface area contributed by atoms with Crippen molar-refractivity contribution in [1.82, 2.24) is 0 Å². The number of carboxylic acid groups (broad SMARTS) is 1. The van der Waals surface area contributed by atoms with E-state index in [1.807, 2.05) is 0 Å². The van der Waals surface area contributed by atoms with E-state index in [1.54, 1.807) is 13.8 Å². The number of rotatable bonds is 25. The molecular formula is C29H53NO6. The minimum absolute atomic E-state index is 0.141. The SMILES string of the molecule is CCOC(=O)C(CCCCCC(C)=O)CC(=O)CCCCCCCCCC[N+](C)(C)CCCC(=O)[O-]. The van der Waals surface area contributed by atoms with Crippen LogP contribution in [0.1, 0.15) is 123 Å². The number of hydrogen-bond acceptors (Lipinski definition) is 6. The second-order valence-corrected chi connectivity index (χ2v) is 10.9. The third-order valence-electron chi connectivity index (χ3n) is 6.79. The predicted octanol–water partition coefficient (Wildman–Crippen LogP) is 4.78. The zero-order valence-corrected chi connectivity index (χ0v) is 23.6. The predicted molar refractivity (Wildman–Crippen MR) is 141 cm³/mol. The summed E-state index contributed by atoms with van der Waals surface area (Å²) in [7, 11) is 4.31. The van der Waals surface area contributed by atoms with E-state index in [2.05, 4.69) is 14.1 Å². The van der Waals surface area contributed by atoms with Crippen LogP contribution in [0.5, 0.6) is 0 Å². The Labute approximate surface area is 219 Å². The maximum absolute atomic E-state index is 12.4. The third-order valence-corrected chi connectivity index (χ3v) is 6.79. The maximum atomic E-state index is 12.4. The number of aliphatic carboxylic acids is 1. The highest BCUT2D eigenvalue weighted by Crippen LogP contribution is 2.19. The van der Waals surface area contributed by atoms with Gasteiger partial charge in [0.15, 0.2) is 0 Å². The van der Waals surface area contributed by atoms with Gasteiger partial charge in [-0.1, -0.05) is 44.9 Å². The summed E-state index contributed by atoms with van der Waals surface area (Å²) in [5.41, 5.74) is 0. The first-order valence-electron chi connectivity index (χ1n) is 14.3. The molecule has 7 heteroatoms. The number of carbonyl (C=O) groups excluding carboxylic acids is 4. The summed E-state index contributed by atoms with van der Waals surface area (Å²) in [6.07, 6.45) is 14.4. The van der Waals surface area contributed by atoms with Crippen molar-refractivity contribution >= 4 is 23.5 Å². The molecule has 0 aromatic rings. The van der Waals surface area contributed by atoms with Gasteiger partial charge in [0.2, 0.25) is 0 Å². The molecule has 0 aromatic carbocycles. The van der Waals surface area contributed by atoms with Gasteiger partial charge in [-0.05, 0) is 52.4 Å². The van der Waals surface area contributed by atoms with E-state index in [1.165, 1.54) is 25.7 Å². The van der Waals surface area contributed by atoms with Gasteiger partial charge in [0.1, 0.15) is 11.6 Å². The molecule has 0 aliphatic heterocycles. The van der Waals surface area contributed by atoms with Crippen molar-refractivity contribution in [2.45, 2.75) is 123 Å². The summed E-state index contributed by atoms with van der Waals surface area (Å²) in [6.45, 7) is 5.65. The summed E-state index contributed by atoms with van der Waals surface area (Å²) in [5.74, 6) is -1.24. The lowest BCUT2D eigenvalue weighted by atomic mass is 9.93. The van der Waals surface area contributed by atoms with Gasteiger partial charge in [0, 0.05) is 31.7 Å². The van der Waals surface area contributed by atoms with Crippen LogP contribution in [0.15, 0.2) is 0 Å². The van der Waals surface area contributed by atoms with Crippen LogP contribution in [-0.4, -0.2) is 61.8 Å². The molecule has 1 atom stereocenters. The van der Waals surface area contributed by atoms with E-state index < -0.39 is 5.97 Å². The molecule has 0 amide bonds. The van der Waals surface area contributed by atoms with E-state index in [0.29, 0.717) is 32.3 Å². The van der Waals surface area contributed by atoms with E-state index in [0.717, 1.165) is 62.5 Å². The summed E-state index contributed by atoms with van der Waals surface area (Å²) < 4.78 is 6.03. The lowest BCUT2D eigenvalue weighted by Gasteiger charge is -2.30. The van der Waals surface area contributed by atoms with Gasteiger partial charge < -0.3 is 23.9 Å². The molecule has 0 aromatic heterocycles. The fraction of sp³-hybridized carbons (Fsp3) is 0.862. The van der Waals surface area contributed by atoms with E-state index in [-0.39, 0.29) is 36.3 Å². The van der Waals surface area contributed by atoms with Crippen molar-refractivity contribution in [1.29, 1.82) is 0 Å². The third kappa shape index (κ3) is 21.5. The molecule has 0 aliphatic rings. The average Bonchev–Trinajstić information content (AvgIpc) is 2.78.